The quantitative estimate of drug-likeness (QED) is 0.867. The van der Waals surface area contributed by atoms with E-state index in [1.165, 1.54) is 19.4 Å². The molecule has 3 rings (SSSR count). The topological polar surface area (TPSA) is 52.6 Å². The van der Waals surface area contributed by atoms with Crippen molar-refractivity contribution in [2.75, 3.05) is 13.1 Å². The summed E-state index contributed by atoms with van der Waals surface area (Å²) in [7, 11) is 0. The summed E-state index contributed by atoms with van der Waals surface area (Å²) >= 11 is 1.64. The second kappa shape index (κ2) is 5.61. The maximum Gasteiger partial charge on any atom is 0.305 e. The summed E-state index contributed by atoms with van der Waals surface area (Å²) in [4.78, 5) is 14.7. The van der Waals surface area contributed by atoms with E-state index in [1.54, 1.807) is 11.3 Å². The first-order valence-electron chi connectivity index (χ1n) is 6.99. The zero-order valence-electron chi connectivity index (χ0n) is 10.9. The third-order valence-corrected chi connectivity index (χ3v) is 5.27. The molecule has 3 atom stereocenters. The lowest BCUT2D eigenvalue weighted by atomic mass is 10.0. The van der Waals surface area contributed by atoms with Crippen molar-refractivity contribution in [3.8, 4) is 0 Å². The molecule has 0 aliphatic carbocycles. The predicted molar refractivity (Wildman–Crippen MR) is 75.4 cm³/mol. The zero-order valence-corrected chi connectivity index (χ0v) is 11.7. The van der Waals surface area contributed by atoms with Gasteiger partial charge in [-0.05, 0) is 37.3 Å². The summed E-state index contributed by atoms with van der Waals surface area (Å²) in [5.41, 5.74) is 0. The fourth-order valence-corrected chi connectivity index (χ4v) is 4.23. The second-order valence-electron chi connectivity index (χ2n) is 5.47. The number of nitrogens with one attached hydrogen (secondary N) is 1. The molecule has 0 aromatic carbocycles. The van der Waals surface area contributed by atoms with Crippen LogP contribution in [0.5, 0.6) is 0 Å². The van der Waals surface area contributed by atoms with Crippen LogP contribution in [0.3, 0.4) is 0 Å². The minimum absolute atomic E-state index is 0.0388. The molecule has 2 aliphatic rings. The number of nitrogens with zero attached hydrogens (tertiary/aromatic N) is 1. The Morgan fingerprint density at radius 3 is 3.16 bits per heavy atom. The van der Waals surface area contributed by atoms with Crippen LogP contribution < -0.4 is 5.32 Å². The summed E-state index contributed by atoms with van der Waals surface area (Å²) in [5, 5.41) is 14.7. The van der Waals surface area contributed by atoms with Crippen LogP contribution in [0.25, 0.3) is 0 Å². The minimum atomic E-state index is -0.729. The summed E-state index contributed by atoms with van der Waals surface area (Å²) in [6.07, 6.45) is 3.85. The van der Waals surface area contributed by atoms with E-state index in [-0.39, 0.29) is 12.5 Å². The molecule has 0 radical (unpaired) electrons. The molecule has 2 fully saturated rings. The first-order chi connectivity index (χ1) is 9.24. The van der Waals surface area contributed by atoms with Crippen molar-refractivity contribution in [3.05, 3.63) is 22.4 Å². The Labute approximate surface area is 117 Å². The van der Waals surface area contributed by atoms with Crippen LogP contribution in [-0.2, 0) is 4.79 Å². The van der Waals surface area contributed by atoms with Gasteiger partial charge in [-0.1, -0.05) is 6.07 Å². The fraction of sp³-hybridized carbons (Fsp3) is 0.643. The van der Waals surface area contributed by atoms with Gasteiger partial charge in [-0.2, -0.15) is 0 Å². The first kappa shape index (κ1) is 13.1. The van der Waals surface area contributed by atoms with Gasteiger partial charge in [0.15, 0.2) is 0 Å². The van der Waals surface area contributed by atoms with E-state index in [9.17, 15) is 4.79 Å². The molecule has 19 heavy (non-hydrogen) atoms. The van der Waals surface area contributed by atoms with E-state index >= 15 is 0 Å². The largest absolute Gasteiger partial charge is 0.481 e. The lowest BCUT2D eigenvalue weighted by Crippen LogP contribution is -2.41. The molecule has 0 saturated carbocycles. The predicted octanol–water partition coefficient (Wildman–Crippen LogP) is 2.09. The monoisotopic (exact) mass is 280 g/mol. The van der Waals surface area contributed by atoms with Gasteiger partial charge in [-0.25, -0.2) is 0 Å². The summed E-state index contributed by atoms with van der Waals surface area (Å²) in [6.45, 7) is 2.37. The van der Waals surface area contributed by atoms with Crippen molar-refractivity contribution in [1.29, 1.82) is 0 Å². The van der Waals surface area contributed by atoms with Gasteiger partial charge in [0, 0.05) is 23.5 Å². The molecule has 2 N–H and O–H groups in total. The highest BCUT2D eigenvalue weighted by Gasteiger charge is 2.38. The molecule has 5 heteroatoms. The SMILES string of the molecule is O=C(O)CC(NC1CCN2CCCC12)c1cccs1. The van der Waals surface area contributed by atoms with Crippen LogP contribution in [-0.4, -0.2) is 41.1 Å². The lowest BCUT2D eigenvalue weighted by Gasteiger charge is -2.26. The van der Waals surface area contributed by atoms with E-state index < -0.39 is 5.97 Å². The van der Waals surface area contributed by atoms with Crippen molar-refractivity contribution in [2.45, 2.75) is 43.8 Å². The third kappa shape index (κ3) is 2.83. The number of carboxylic acids is 1. The molecule has 4 nitrogen and oxygen atoms in total. The van der Waals surface area contributed by atoms with Crippen molar-refractivity contribution in [1.82, 2.24) is 10.2 Å². The highest BCUT2D eigenvalue weighted by atomic mass is 32.1. The Balaban J connectivity index is 1.69. The number of carbonyl (C=O) groups is 1. The molecule has 2 aliphatic heterocycles. The van der Waals surface area contributed by atoms with Gasteiger partial charge in [0.05, 0.1) is 12.5 Å². The van der Waals surface area contributed by atoms with Gasteiger partial charge < -0.3 is 10.4 Å². The highest BCUT2D eigenvalue weighted by Crippen LogP contribution is 2.31. The Morgan fingerprint density at radius 1 is 1.53 bits per heavy atom. The molecular weight excluding hydrogens is 260 g/mol. The third-order valence-electron chi connectivity index (χ3n) is 4.29. The van der Waals surface area contributed by atoms with Crippen molar-refractivity contribution in [2.24, 2.45) is 0 Å². The van der Waals surface area contributed by atoms with Crippen molar-refractivity contribution < 1.29 is 9.90 Å². The van der Waals surface area contributed by atoms with Gasteiger partial charge in [0.25, 0.3) is 0 Å². The highest BCUT2D eigenvalue weighted by molar-refractivity contribution is 7.10. The van der Waals surface area contributed by atoms with Gasteiger partial charge in [0.2, 0.25) is 0 Å². The molecule has 104 valence electrons. The molecule has 0 amide bonds. The maximum absolute atomic E-state index is 11.1. The van der Waals surface area contributed by atoms with E-state index in [4.69, 9.17) is 5.11 Å². The Kier molecular flexibility index (Phi) is 3.86. The van der Waals surface area contributed by atoms with E-state index in [0.717, 1.165) is 17.8 Å². The minimum Gasteiger partial charge on any atom is -0.481 e. The molecule has 1 aromatic heterocycles. The summed E-state index contributed by atoms with van der Waals surface area (Å²) in [6, 6.07) is 5.06. The van der Waals surface area contributed by atoms with Gasteiger partial charge in [-0.3, -0.25) is 9.69 Å². The molecule has 3 unspecified atom stereocenters. The van der Waals surface area contributed by atoms with Crippen LogP contribution in [0.2, 0.25) is 0 Å². The number of fused-ring (bicyclic) bond motifs is 1. The smallest absolute Gasteiger partial charge is 0.305 e. The number of hydrogen-bond donors (Lipinski definition) is 2. The Hall–Kier alpha value is -0.910. The van der Waals surface area contributed by atoms with Crippen LogP contribution in [0.4, 0.5) is 0 Å². The van der Waals surface area contributed by atoms with Gasteiger partial charge >= 0.3 is 5.97 Å². The van der Waals surface area contributed by atoms with E-state index in [0.29, 0.717) is 12.1 Å². The van der Waals surface area contributed by atoms with Crippen LogP contribution in [0.15, 0.2) is 17.5 Å². The second-order valence-corrected chi connectivity index (χ2v) is 6.45. The van der Waals surface area contributed by atoms with Gasteiger partial charge in [0.1, 0.15) is 0 Å². The number of thiophene rings is 1. The average molecular weight is 280 g/mol. The van der Waals surface area contributed by atoms with Crippen molar-refractivity contribution >= 4 is 17.3 Å². The molecule has 0 spiro atoms. The van der Waals surface area contributed by atoms with Crippen LogP contribution >= 0.6 is 11.3 Å². The van der Waals surface area contributed by atoms with E-state index in [1.807, 2.05) is 17.5 Å². The molecule has 2 saturated heterocycles. The zero-order chi connectivity index (χ0) is 13.2. The number of aliphatic carboxylic acids is 1. The Morgan fingerprint density at radius 2 is 2.42 bits per heavy atom. The average Bonchev–Trinajstić information content (AvgIpc) is 3.06. The number of hydrogen-bond acceptors (Lipinski definition) is 4. The molecular formula is C14H20N2O2S. The van der Waals surface area contributed by atoms with Gasteiger partial charge in [-0.15, -0.1) is 11.3 Å². The summed E-state index contributed by atoms with van der Waals surface area (Å²) in [5.74, 6) is -0.729. The van der Waals surface area contributed by atoms with E-state index in [2.05, 4.69) is 10.2 Å². The first-order valence-corrected chi connectivity index (χ1v) is 7.87. The fourth-order valence-electron chi connectivity index (χ4n) is 3.44. The lowest BCUT2D eigenvalue weighted by molar-refractivity contribution is -0.137. The van der Waals surface area contributed by atoms with Crippen molar-refractivity contribution in [3.63, 3.8) is 0 Å². The maximum atomic E-state index is 11.1. The number of carboxylic acid groups (broad SMARTS) is 1. The molecule has 1 aromatic rings. The Bertz CT molecular complexity index is 435. The van der Waals surface area contributed by atoms with Crippen LogP contribution in [0.1, 0.15) is 36.6 Å². The molecule has 3 heterocycles. The molecule has 0 bridgehead atoms. The normalized spacial score (nSPS) is 28.4. The standard InChI is InChI=1S/C14H20N2O2S/c17-14(18)9-11(13-4-2-8-19-13)15-10-5-7-16-6-1-3-12(10)16/h2,4,8,10-12,15H,1,3,5-7,9H2,(H,17,18). The summed E-state index contributed by atoms with van der Waals surface area (Å²) < 4.78 is 0. The number of rotatable bonds is 5. The van der Waals surface area contributed by atoms with Crippen LogP contribution in [0, 0.1) is 0 Å².